The minimum atomic E-state index is -0.920. The van der Waals surface area contributed by atoms with Crippen LogP contribution in [0.2, 0.25) is 5.02 Å². The number of carboxylic acids is 1. The van der Waals surface area contributed by atoms with Crippen LogP contribution >= 0.6 is 34.2 Å². The summed E-state index contributed by atoms with van der Waals surface area (Å²) in [4.78, 5) is 19.4. The fourth-order valence-electron chi connectivity index (χ4n) is 1.76. The van der Waals surface area contributed by atoms with Gasteiger partial charge in [0.1, 0.15) is 12.2 Å². The van der Waals surface area contributed by atoms with Crippen LogP contribution in [0.3, 0.4) is 0 Å². The van der Waals surface area contributed by atoms with Crippen LogP contribution in [0, 0.1) is 3.57 Å². The van der Waals surface area contributed by atoms with Crippen LogP contribution in [0.25, 0.3) is 0 Å². The Morgan fingerprint density at radius 2 is 2.16 bits per heavy atom. The summed E-state index contributed by atoms with van der Waals surface area (Å²) in [5.74, 6) is -1.65. The van der Waals surface area contributed by atoms with Crippen molar-refractivity contribution >= 4 is 40.2 Å². The zero-order chi connectivity index (χ0) is 13.8. The van der Waals surface area contributed by atoms with Crippen molar-refractivity contribution in [3.8, 4) is 0 Å². The number of aromatic nitrogens is 2. The molecular weight excluding hydrogens is 379 g/mol. The highest BCUT2D eigenvalue weighted by molar-refractivity contribution is 14.1. The Morgan fingerprint density at radius 1 is 1.42 bits per heavy atom. The number of benzene rings is 1. The largest absolute Gasteiger partial charge is 0.481 e. The summed E-state index contributed by atoms with van der Waals surface area (Å²) in [5, 5.41) is 9.96. The second kappa shape index (κ2) is 6.29. The van der Waals surface area contributed by atoms with Gasteiger partial charge in [0.25, 0.3) is 0 Å². The molecule has 1 heterocycles. The molecule has 19 heavy (non-hydrogen) atoms. The Balaban J connectivity index is 2.35. The Kier molecular flexibility index (Phi) is 4.71. The monoisotopic (exact) mass is 388 g/mol. The molecule has 0 radical (unpaired) electrons. The molecule has 0 aliphatic carbocycles. The SMILES string of the molecule is O=C(O)C(Cc1ccccc1Cl)c1ncncc1I. The summed E-state index contributed by atoms with van der Waals surface area (Å²) in [5.41, 5.74) is 1.31. The quantitative estimate of drug-likeness (QED) is 0.818. The second-order valence-electron chi connectivity index (χ2n) is 3.94. The van der Waals surface area contributed by atoms with Gasteiger partial charge in [0.15, 0.2) is 0 Å². The number of hydrogen-bond donors (Lipinski definition) is 1. The van der Waals surface area contributed by atoms with Crippen LogP contribution in [0.5, 0.6) is 0 Å². The van der Waals surface area contributed by atoms with Crippen LogP contribution in [0.1, 0.15) is 17.2 Å². The molecule has 98 valence electrons. The molecule has 0 saturated carbocycles. The van der Waals surface area contributed by atoms with E-state index in [4.69, 9.17) is 11.6 Å². The molecule has 2 rings (SSSR count). The molecule has 1 atom stereocenters. The average molecular weight is 389 g/mol. The first-order valence-corrected chi connectivity index (χ1v) is 6.97. The molecule has 0 saturated heterocycles. The Hall–Kier alpha value is -1.21. The molecule has 0 aliphatic rings. The number of rotatable bonds is 4. The number of hydrogen-bond acceptors (Lipinski definition) is 3. The fraction of sp³-hybridized carbons (Fsp3) is 0.154. The molecule has 0 aliphatic heterocycles. The van der Waals surface area contributed by atoms with Crippen LogP contribution < -0.4 is 0 Å². The molecule has 6 heteroatoms. The summed E-state index contributed by atoms with van der Waals surface area (Å²) in [6.45, 7) is 0. The summed E-state index contributed by atoms with van der Waals surface area (Å²) < 4.78 is 0.736. The molecule has 0 bridgehead atoms. The van der Waals surface area contributed by atoms with E-state index in [0.29, 0.717) is 17.1 Å². The molecule has 0 spiro atoms. The zero-order valence-corrected chi connectivity index (χ0v) is 12.7. The van der Waals surface area contributed by atoms with Crippen LogP contribution in [-0.2, 0) is 11.2 Å². The summed E-state index contributed by atoms with van der Waals surface area (Å²) in [6, 6.07) is 7.23. The minimum absolute atomic E-state index is 0.308. The van der Waals surface area contributed by atoms with Crippen LogP contribution in [0.4, 0.5) is 0 Å². The Bertz CT molecular complexity index is 607. The maximum absolute atomic E-state index is 11.5. The van der Waals surface area contributed by atoms with E-state index in [9.17, 15) is 9.90 Å². The van der Waals surface area contributed by atoms with Crippen molar-refractivity contribution in [1.82, 2.24) is 9.97 Å². The highest BCUT2D eigenvalue weighted by Crippen LogP contribution is 2.26. The predicted octanol–water partition coefficient (Wildman–Crippen LogP) is 3.15. The lowest BCUT2D eigenvalue weighted by atomic mass is 9.96. The van der Waals surface area contributed by atoms with E-state index in [1.165, 1.54) is 6.33 Å². The highest BCUT2D eigenvalue weighted by atomic mass is 127. The molecule has 1 aromatic carbocycles. The molecule has 0 fully saturated rings. The topological polar surface area (TPSA) is 63.1 Å². The second-order valence-corrected chi connectivity index (χ2v) is 5.51. The molecule has 1 unspecified atom stereocenters. The van der Waals surface area contributed by atoms with Gasteiger partial charge in [-0.25, -0.2) is 9.97 Å². The molecule has 4 nitrogen and oxygen atoms in total. The van der Waals surface area contributed by atoms with Gasteiger partial charge in [0.2, 0.25) is 0 Å². The highest BCUT2D eigenvalue weighted by Gasteiger charge is 2.24. The third kappa shape index (κ3) is 3.42. The van der Waals surface area contributed by atoms with E-state index in [1.54, 1.807) is 12.3 Å². The lowest BCUT2D eigenvalue weighted by Gasteiger charge is -2.13. The Labute approximate surface area is 129 Å². The zero-order valence-electron chi connectivity index (χ0n) is 9.75. The molecular formula is C13H10ClIN2O2. The lowest BCUT2D eigenvalue weighted by Crippen LogP contribution is -2.17. The van der Waals surface area contributed by atoms with Gasteiger partial charge in [-0.05, 0) is 40.6 Å². The molecule has 0 amide bonds. The average Bonchev–Trinajstić information content (AvgIpc) is 2.38. The van der Waals surface area contributed by atoms with E-state index in [2.05, 4.69) is 9.97 Å². The number of halogens is 2. The normalized spacial score (nSPS) is 12.1. The summed E-state index contributed by atoms with van der Waals surface area (Å²) in [6.07, 6.45) is 3.27. The van der Waals surface area contributed by atoms with Gasteiger partial charge >= 0.3 is 5.97 Å². The molecule has 1 aromatic heterocycles. The van der Waals surface area contributed by atoms with Crippen molar-refractivity contribution in [2.24, 2.45) is 0 Å². The lowest BCUT2D eigenvalue weighted by molar-refractivity contribution is -0.138. The van der Waals surface area contributed by atoms with Crippen LogP contribution in [-0.4, -0.2) is 21.0 Å². The van der Waals surface area contributed by atoms with E-state index in [1.807, 2.05) is 40.8 Å². The molecule has 2 aromatic rings. The number of nitrogens with zero attached hydrogens (tertiary/aromatic N) is 2. The minimum Gasteiger partial charge on any atom is -0.481 e. The molecule has 1 N–H and O–H groups in total. The van der Waals surface area contributed by atoms with Gasteiger partial charge in [-0.2, -0.15) is 0 Å². The van der Waals surface area contributed by atoms with E-state index < -0.39 is 11.9 Å². The van der Waals surface area contributed by atoms with Crippen molar-refractivity contribution in [2.45, 2.75) is 12.3 Å². The summed E-state index contributed by atoms with van der Waals surface area (Å²) in [7, 11) is 0. The maximum Gasteiger partial charge on any atom is 0.312 e. The number of carboxylic acid groups (broad SMARTS) is 1. The first-order valence-electron chi connectivity index (χ1n) is 5.51. The fourth-order valence-corrected chi connectivity index (χ4v) is 2.65. The standard InChI is InChI=1S/C13H10ClIN2O2/c14-10-4-2-1-3-8(10)5-9(13(18)19)12-11(15)6-16-7-17-12/h1-4,6-7,9H,5H2,(H,18,19). The van der Waals surface area contributed by atoms with Crippen molar-refractivity contribution in [2.75, 3.05) is 0 Å². The van der Waals surface area contributed by atoms with Crippen molar-refractivity contribution in [1.29, 1.82) is 0 Å². The van der Waals surface area contributed by atoms with Crippen molar-refractivity contribution in [3.05, 3.63) is 56.6 Å². The van der Waals surface area contributed by atoms with Crippen molar-refractivity contribution < 1.29 is 9.90 Å². The van der Waals surface area contributed by atoms with Gasteiger partial charge in [0, 0.05) is 11.2 Å². The van der Waals surface area contributed by atoms with Gasteiger partial charge in [-0.15, -0.1) is 0 Å². The first kappa shape index (κ1) is 14.2. The van der Waals surface area contributed by atoms with Gasteiger partial charge in [-0.1, -0.05) is 29.8 Å². The van der Waals surface area contributed by atoms with E-state index in [0.717, 1.165) is 9.13 Å². The predicted molar refractivity (Wildman–Crippen MR) is 80.3 cm³/mol. The first-order chi connectivity index (χ1) is 9.09. The summed E-state index contributed by atoms with van der Waals surface area (Å²) >= 11 is 8.11. The maximum atomic E-state index is 11.5. The van der Waals surface area contributed by atoms with Gasteiger partial charge in [-0.3, -0.25) is 4.79 Å². The van der Waals surface area contributed by atoms with Crippen molar-refractivity contribution in [3.63, 3.8) is 0 Å². The smallest absolute Gasteiger partial charge is 0.312 e. The van der Waals surface area contributed by atoms with Gasteiger partial charge < -0.3 is 5.11 Å². The van der Waals surface area contributed by atoms with Crippen LogP contribution in [0.15, 0.2) is 36.8 Å². The number of aliphatic carboxylic acids is 1. The number of carbonyl (C=O) groups is 1. The van der Waals surface area contributed by atoms with E-state index in [-0.39, 0.29) is 0 Å². The van der Waals surface area contributed by atoms with Gasteiger partial charge in [0.05, 0.1) is 9.26 Å². The Morgan fingerprint density at radius 3 is 2.79 bits per heavy atom. The third-order valence-corrected chi connectivity index (χ3v) is 3.91. The van der Waals surface area contributed by atoms with E-state index >= 15 is 0 Å². The third-order valence-electron chi connectivity index (χ3n) is 2.71.